The van der Waals surface area contributed by atoms with E-state index in [1.54, 1.807) is 0 Å². The fourth-order valence-corrected chi connectivity index (χ4v) is 2.83. The second kappa shape index (κ2) is 5.51. The first-order chi connectivity index (χ1) is 9.78. The molecule has 3 rings (SSSR count). The third-order valence-electron chi connectivity index (χ3n) is 3.83. The molecular weight excluding hydrogens is 244 g/mol. The van der Waals surface area contributed by atoms with E-state index >= 15 is 0 Å². The van der Waals surface area contributed by atoms with Gasteiger partial charge in [0, 0.05) is 16.6 Å². The van der Waals surface area contributed by atoms with Crippen LogP contribution >= 0.6 is 0 Å². The second-order valence-corrected chi connectivity index (χ2v) is 5.31. The topological polar surface area (TPSA) is 41.8 Å². The van der Waals surface area contributed by atoms with Crippen molar-refractivity contribution in [3.05, 3.63) is 70.9 Å². The Hall–Kier alpha value is -2.06. The first kappa shape index (κ1) is 12.9. The highest BCUT2D eigenvalue weighted by Crippen LogP contribution is 2.24. The number of benzene rings is 2. The van der Waals surface area contributed by atoms with Gasteiger partial charge in [0.05, 0.1) is 0 Å². The average molecular weight is 264 g/mol. The van der Waals surface area contributed by atoms with Crippen LogP contribution in [0.3, 0.4) is 0 Å². The Balaban J connectivity index is 1.96. The molecule has 0 aliphatic heterocycles. The summed E-state index contributed by atoms with van der Waals surface area (Å²) in [6, 6.07) is 17.3. The molecule has 0 unspecified atom stereocenters. The summed E-state index contributed by atoms with van der Waals surface area (Å²) in [5, 5.41) is 1.33. The maximum atomic E-state index is 5.64. The van der Waals surface area contributed by atoms with Gasteiger partial charge in [-0.2, -0.15) is 0 Å². The van der Waals surface area contributed by atoms with E-state index < -0.39 is 0 Å². The molecule has 0 radical (unpaired) electrons. The molecule has 0 fully saturated rings. The highest BCUT2D eigenvalue weighted by molar-refractivity contribution is 5.84. The third kappa shape index (κ3) is 2.47. The summed E-state index contributed by atoms with van der Waals surface area (Å²) in [6.45, 7) is 2.86. The summed E-state index contributed by atoms with van der Waals surface area (Å²) < 4.78 is 0. The van der Waals surface area contributed by atoms with Gasteiger partial charge < -0.3 is 10.7 Å². The highest BCUT2D eigenvalue weighted by atomic mass is 14.7. The van der Waals surface area contributed by atoms with Gasteiger partial charge in [-0.05, 0) is 49.1 Å². The number of aromatic nitrogens is 1. The minimum Gasteiger partial charge on any atom is -0.358 e. The smallest absolute Gasteiger partial charge is 0.0458 e. The van der Waals surface area contributed by atoms with Crippen LogP contribution in [-0.4, -0.2) is 11.5 Å². The van der Waals surface area contributed by atoms with E-state index in [0.717, 1.165) is 12.8 Å². The Morgan fingerprint density at radius 1 is 1.00 bits per heavy atom. The number of nitrogens with two attached hydrogens (primary N) is 1. The Morgan fingerprint density at radius 3 is 2.65 bits per heavy atom. The van der Waals surface area contributed by atoms with Crippen LogP contribution in [-0.2, 0) is 12.8 Å². The molecule has 0 amide bonds. The van der Waals surface area contributed by atoms with Gasteiger partial charge in [0.25, 0.3) is 0 Å². The summed E-state index contributed by atoms with van der Waals surface area (Å²) in [7, 11) is 0. The number of fused-ring (bicyclic) bond motifs is 1. The Kier molecular flexibility index (Phi) is 3.57. The van der Waals surface area contributed by atoms with Gasteiger partial charge in [-0.1, -0.05) is 42.5 Å². The third-order valence-corrected chi connectivity index (χ3v) is 3.83. The lowest BCUT2D eigenvalue weighted by atomic mass is 9.99. The number of para-hydroxylation sites is 1. The summed E-state index contributed by atoms with van der Waals surface area (Å²) in [4.78, 5) is 3.47. The van der Waals surface area contributed by atoms with Crippen molar-refractivity contribution >= 4 is 10.9 Å². The predicted molar refractivity (Wildman–Crippen MR) is 85.0 cm³/mol. The molecule has 0 spiro atoms. The molecule has 0 saturated heterocycles. The standard InChI is InChI=1S/C18H20N2/c1-13-17(16-7-2-3-8-18(16)20-13)12-15-6-4-5-14(11-15)9-10-19/h2-8,11,20H,9-10,12,19H2,1H3. The van der Waals surface area contributed by atoms with E-state index in [0.29, 0.717) is 6.54 Å². The largest absolute Gasteiger partial charge is 0.358 e. The van der Waals surface area contributed by atoms with Crippen LogP contribution < -0.4 is 5.73 Å². The van der Waals surface area contributed by atoms with Gasteiger partial charge in [-0.15, -0.1) is 0 Å². The fourth-order valence-electron chi connectivity index (χ4n) is 2.83. The van der Waals surface area contributed by atoms with Gasteiger partial charge in [-0.3, -0.25) is 0 Å². The molecule has 0 aliphatic rings. The van der Waals surface area contributed by atoms with Gasteiger partial charge in [-0.25, -0.2) is 0 Å². The summed E-state index contributed by atoms with van der Waals surface area (Å²) in [5.41, 5.74) is 12.2. The normalized spacial score (nSPS) is 11.1. The monoisotopic (exact) mass is 264 g/mol. The minimum absolute atomic E-state index is 0.704. The van der Waals surface area contributed by atoms with Crippen LogP contribution in [0, 0.1) is 6.92 Å². The zero-order valence-corrected chi connectivity index (χ0v) is 11.8. The Morgan fingerprint density at radius 2 is 1.80 bits per heavy atom. The molecular formula is C18H20N2. The SMILES string of the molecule is Cc1[nH]c2ccccc2c1Cc1cccc(CCN)c1. The van der Waals surface area contributed by atoms with Gasteiger partial charge in [0.1, 0.15) is 0 Å². The first-order valence-electron chi connectivity index (χ1n) is 7.12. The first-order valence-corrected chi connectivity index (χ1v) is 7.12. The van der Waals surface area contributed by atoms with E-state index in [9.17, 15) is 0 Å². The van der Waals surface area contributed by atoms with Gasteiger partial charge >= 0.3 is 0 Å². The van der Waals surface area contributed by atoms with Crippen molar-refractivity contribution in [2.75, 3.05) is 6.54 Å². The zero-order chi connectivity index (χ0) is 13.9. The number of hydrogen-bond donors (Lipinski definition) is 2. The molecule has 102 valence electrons. The molecule has 0 saturated carbocycles. The highest BCUT2D eigenvalue weighted by Gasteiger charge is 2.08. The van der Waals surface area contributed by atoms with Crippen molar-refractivity contribution in [2.24, 2.45) is 5.73 Å². The van der Waals surface area contributed by atoms with Crippen molar-refractivity contribution in [2.45, 2.75) is 19.8 Å². The molecule has 3 aromatic rings. The van der Waals surface area contributed by atoms with Crippen molar-refractivity contribution < 1.29 is 0 Å². The summed E-state index contributed by atoms with van der Waals surface area (Å²) in [5.74, 6) is 0. The fraction of sp³-hybridized carbons (Fsp3) is 0.222. The Bertz CT molecular complexity index is 725. The average Bonchev–Trinajstić information content (AvgIpc) is 2.76. The second-order valence-electron chi connectivity index (χ2n) is 5.31. The van der Waals surface area contributed by atoms with Crippen molar-refractivity contribution in [3.8, 4) is 0 Å². The minimum atomic E-state index is 0.704. The maximum Gasteiger partial charge on any atom is 0.0458 e. The van der Waals surface area contributed by atoms with Crippen LogP contribution in [0.15, 0.2) is 48.5 Å². The molecule has 0 atom stereocenters. The number of rotatable bonds is 4. The Labute approximate surface area is 119 Å². The van der Waals surface area contributed by atoms with E-state index in [4.69, 9.17) is 5.73 Å². The molecule has 2 nitrogen and oxygen atoms in total. The predicted octanol–water partition coefficient (Wildman–Crippen LogP) is 3.57. The molecule has 1 aromatic heterocycles. The van der Waals surface area contributed by atoms with Crippen LogP contribution in [0.2, 0.25) is 0 Å². The van der Waals surface area contributed by atoms with E-state index in [1.807, 2.05) is 0 Å². The molecule has 20 heavy (non-hydrogen) atoms. The molecule has 0 aliphatic carbocycles. The van der Waals surface area contributed by atoms with Crippen molar-refractivity contribution in [3.63, 3.8) is 0 Å². The molecule has 0 bridgehead atoms. The zero-order valence-electron chi connectivity index (χ0n) is 11.8. The van der Waals surface area contributed by atoms with Crippen LogP contribution in [0.5, 0.6) is 0 Å². The summed E-state index contributed by atoms with van der Waals surface area (Å²) in [6.07, 6.45) is 1.91. The maximum absolute atomic E-state index is 5.64. The van der Waals surface area contributed by atoms with Crippen molar-refractivity contribution in [1.29, 1.82) is 0 Å². The number of nitrogens with one attached hydrogen (secondary N) is 1. The lowest BCUT2D eigenvalue weighted by Crippen LogP contribution is -2.03. The molecule has 3 N–H and O–H groups in total. The quantitative estimate of drug-likeness (QED) is 0.743. The lowest BCUT2D eigenvalue weighted by Gasteiger charge is -2.05. The van der Waals surface area contributed by atoms with E-state index in [-0.39, 0.29) is 0 Å². The van der Waals surface area contributed by atoms with Gasteiger partial charge in [0.15, 0.2) is 0 Å². The number of aromatic amines is 1. The van der Waals surface area contributed by atoms with Crippen LogP contribution in [0.4, 0.5) is 0 Å². The molecule has 2 aromatic carbocycles. The van der Waals surface area contributed by atoms with E-state index in [2.05, 4.69) is 60.4 Å². The summed E-state index contributed by atoms with van der Waals surface area (Å²) >= 11 is 0. The number of hydrogen-bond acceptors (Lipinski definition) is 1. The van der Waals surface area contributed by atoms with Crippen LogP contribution in [0.25, 0.3) is 10.9 Å². The molecule has 2 heteroatoms. The van der Waals surface area contributed by atoms with Crippen molar-refractivity contribution in [1.82, 2.24) is 4.98 Å². The number of aryl methyl sites for hydroxylation is 1. The van der Waals surface area contributed by atoms with Gasteiger partial charge in [0.2, 0.25) is 0 Å². The molecule has 1 heterocycles. The number of H-pyrrole nitrogens is 1. The van der Waals surface area contributed by atoms with E-state index in [1.165, 1.54) is 33.3 Å². The lowest BCUT2D eigenvalue weighted by molar-refractivity contribution is 0.964. The van der Waals surface area contributed by atoms with Crippen LogP contribution in [0.1, 0.15) is 22.4 Å².